The van der Waals surface area contributed by atoms with Crippen molar-refractivity contribution in [1.29, 1.82) is 0 Å². The zero-order valence-corrected chi connectivity index (χ0v) is 20.6. The Balaban J connectivity index is 2.14. The van der Waals surface area contributed by atoms with Gasteiger partial charge in [-0.15, -0.1) is 0 Å². The van der Waals surface area contributed by atoms with Crippen LogP contribution in [0.5, 0.6) is 0 Å². The molecule has 1 aliphatic heterocycles. The van der Waals surface area contributed by atoms with E-state index in [0.717, 1.165) is 24.3 Å². The lowest BCUT2D eigenvalue weighted by atomic mass is 9.78. The molecule has 1 unspecified atom stereocenters. The average Bonchev–Trinajstić information content (AvgIpc) is 3.05. The molecule has 2 aromatic rings. The summed E-state index contributed by atoms with van der Waals surface area (Å²) < 4.78 is 84.4. The number of carbonyl (C=O) groups is 3. The van der Waals surface area contributed by atoms with Crippen molar-refractivity contribution in [3.63, 3.8) is 0 Å². The Hall–Kier alpha value is -2.30. The number of benzene rings is 2. The van der Waals surface area contributed by atoms with Crippen LogP contribution in [0.25, 0.3) is 0 Å². The minimum atomic E-state index is -5.34. The van der Waals surface area contributed by atoms with Gasteiger partial charge in [0, 0.05) is 12.8 Å². The number of ketones is 1. The minimum absolute atomic E-state index is 0.0696. The van der Waals surface area contributed by atoms with Gasteiger partial charge >= 0.3 is 12.4 Å². The van der Waals surface area contributed by atoms with Gasteiger partial charge in [0.1, 0.15) is 5.78 Å². The first-order valence-electron chi connectivity index (χ1n) is 10.4. The Morgan fingerprint density at radius 2 is 1.58 bits per heavy atom. The number of aryl methyl sites for hydroxylation is 1. The van der Waals surface area contributed by atoms with Gasteiger partial charge in [-0.05, 0) is 41.8 Å². The van der Waals surface area contributed by atoms with E-state index in [1.165, 1.54) is 0 Å². The summed E-state index contributed by atoms with van der Waals surface area (Å²) in [4.78, 5) is 37.6. The summed E-state index contributed by atoms with van der Waals surface area (Å²) in [5.74, 6) is -3.47. The number of alkyl halides is 6. The van der Waals surface area contributed by atoms with Gasteiger partial charge in [0.25, 0.3) is 5.91 Å². The van der Waals surface area contributed by atoms with Crippen LogP contribution in [0.15, 0.2) is 30.3 Å². The Bertz CT molecular complexity index is 1220. The van der Waals surface area contributed by atoms with Gasteiger partial charge in [0.05, 0.1) is 32.7 Å². The lowest BCUT2D eigenvalue weighted by molar-refractivity contribution is -0.191. The molecule has 194 valence electrons. The highest BCUT2D eigenvalue weighted by atomic mass is 35.5. The lowest BCUT2D eigenvalue weighted by Crippen LogP contribution is -2.49. The average molecular weight is 575 g/mol. The second kappa shape index (κ2) is 9.87. The standard InChI is InChI=1S/C23H16Cl3F6NO3/c1-2-14(34)6-4-11-3-5-13(9-15(11)22(27,28)29)33-18(35)10-21(20(33)36,23(30,31)32)12-7-16(24)19(26)17(25)8-12/h3,5,7-9H,2,4,6,10H2,1H3. The minimum Gasteiger partial charge on any atom is -0.300 e. The molecule has 0 aliphatic carbocycles. The highest BCUT2D eigenvalue weighted by molar-refractivity contribution is 6.48. The SMILES string of the molecule is CCC(=O)CCc1ccc(N2C(=O)CC(c3cc(Cl)c(Cl)c(Cl)c3)(C(F)(F)F)C2=O)cc1C(F)(F)F. The molecule has 13 heteroatoms. The van der Waals surface area contributed by atoms with Gasteiger partial charge in [-0.3, -0.25) is 14.4 Å². The predicted molar refractivity (Wildman–Crippen MR) is 121 cm³/mol. The molecule has 1 aliphatic rings. The van der Waals surface area contributed by atoms with Crippen molar-refractivity contribution in [2.45, 2.75) is 50.4 Å². The zero-order valence-electron chi connectivity index (χ0n) is 18.3. The highest BCUT2D eigenvalue weighted by Crippen LogP contribution is 2.52. The number of rotatable bonds is 6. The maximum atomic E-state index is 14.4. The zero-order chi connectivity index (χ0) is 27.2. The number of carbonyl (C=O) groups excluding carboxylic acids is 3. The largest absolute Gasteiger partial charge is 0.416 e. The van der Waals surface area contributed by atoms with Crippen LogP contribution in [0, 0.1) is 0 Å². The Morgan fingerprint density at radius 3 is 2.08 bits per heavy atom. The van der Waals surface area contributed by atoms with E-state index >= 15 is 0 Å². The van der Waals surface area contributed by atoms with Gasteiger partial charge in [-0.2, -0.15) is 26.3 Å². The van der Waals surface area contributed by atoms with Crippen molar-refractivity contribution < 1.29 is 40.7 Å². The van der Waals surface area contributed by atoms with Crippen LogP contribution in [0.1, 0.15) is 42.9 Å². The monoisotopic (exact) mass is 573 g/mol. The smallest absolute Gasteiger partial charge is 0.300 e. The summed E-state index contributed by atoms with van der Waals surface area (Å²) in [5, 5.41) is -1.10. The predicted octanol–water partition coefficient (Wildman–Crippen LogP) is 7.34. The Kier molecular flexibility index (Phi) is 7.75. The fraction of sp³-hybridized carbons (Fsp3) is 0.348. The van der Waals surface area contributed by atoms with Crippen LogP contribution < -0.4 is 4.90 Å². The number of imide groups is 1. The fourth-order valence-corrected chi connectivity index (χ4v) is 4.59. The van der Waals surface area contributed by atoms with E-state index in [2.05, 4.69) is 0 Å². The van der Waals surface area contributed by atoms with Crippen molar-refractivity contribution in [2.75, 3.05) is 4.90 Å². The van der Waals surface area contributed by atoms with Crippen molar-refractivity contribution in [2.24, 2.45) is 0 Å². The first-order chi connectivity index (χ1) is 16.5. The second-order valence-electron chi connectivity index (χ2n) is 8.10. The molecule has 1 atom stereocenters. The molecule has 1 saturated heterocycles. The number of hydrogen-bond acceptors (Lipinski definition) is 3. The summed E-state index contributed by atoms with van der Waals surface area (Å²) in [5.41, 5.74) is -6.50. The van der Waals surface area contributed by atoms with Crippen molar-refractivity contribution in [3.05, 3.63) is 62.1 Å². The summed E-state index contributed by atoms with van der Waals surface area (Å²) in [7, 11) is 0. The molecule has 0 bridgehead atoms. The van der Waals surface area contributed by atoms with Gasteiger partial charge in [0.2, 0.25) is 5.91 Å². The van der Waals surface area contributed by atoms with E-state index < -0.39 is 62.9 Å². The maximum absolute atomic E-state index is 14.4. The molecule has 1 fully saturated rings. The molecule has 2 aromatic carbocycles. The number of Topliss-reactive ketones (excluding diaryl/α,β-unsaturated/α-hetero) is 1. The lowest BCUT2D eigenvalue weighted by Gasteiger charge is -2.30. The van der Waals surface area contributed by atoms with Crippen molar-refractivity contribution in [1.82, 2.24) is 0 Å². The van der Waals surface area contributed by atoms with Crippen LogP contribution in [0.4, 0.5) is 32.0 Å². The van der Waals surface area contributed by atoms with E-state index in [-0.39, 0.29) is 40.5 Å². The van der Waals surface area contributed by atoms with E-state index in [1.807, 2.05) is 0 Å². The van der Waals surface area contributed by atoms with Gasteiger partial charge < -0.3 is 0 Å². The number of anilines is 1. The van der Waals surface area contributed by atoms with Gasteiger partial charge in [-0.1, -0.05) is 47.8 Å². The number of hydrogen-bond donors (Lipinski definition) is 0. The van der Waals surface area contributed by atoms with E-state index in [4.69, 9.17) is 34.8 Å². The molecule has 0 radical (unpaired) electrons. The molecule has 3 rings (SSSR count). The molecule has 0 spiro atoms. The van der Waals surface area contributed by atoms with Crippen molar-refractivity contribution in [3.8, 4) is 0 Å². The summed E-state index contributed by atoms with van der Waals surface area (Å²) in [6.45, 7) is 1.55. The topological polar surface area (TPSA) is 54.5 Å². The normalized spacial score (nSPS) is 18.8. The fourth-order valence-electron chi connectivity index (χ4n) is 4.00. The van der Waals surface area contributed by atoms with Gasteiger partial charge in [-0.25, -0.2) is 4.90 Å². The summed E-state index contributed by atoms with van der Waals surface area (Å²) >= 11 is 17.5. The van der Waals surface area contributed by atoms with E-state index in [0.29, 0.717) is 6.07 Å². The molecule has 4 nitrogen and oxygen atoms in total. The number of halogens is 9. The van der Waals surface area contributed by atoms with Crippen LogP contribution in [0.2, 0.25) is 15.1 Å². The highest BCUT2D eigenvalue weighted by Gasteiger charge is 2.68. The Labute approximate surface area is 216 Å². The second-order valence-corrected chi connectivity index (χ2v) is 9.29. The summed E-state index contributed by atoms with van der Waals surface area (Å²) in [6.07, 6.45) is -12.1. The molecular weight excluding hydrogens is 559 g/mol. The number of nitrogens with zero attached hydrogens (tertiary/aromatic N) is 1. The number of amides is 2. The van der Waals surface area contributed by atoms with E-state index in [9.17, 15) is 40.7 Å². The third-order valence-electron chi connectivity index (χ3n) is 5.92. The Morgan fingerprint density at radius 1 is 1.00 bits per heavy atom. The first-order valence-corrected chi connectivity index (χ1v) is 11.5. The van der Waals surface area contributed by atoms with Gasteiger partial charge in [0.15, 0.2) is 5.41 Å². The molecular formula is C23H16Cl3F6NO3. The third kappa shape index (κ3) is 4.95. The maximum Gasteiger partial charge on any atom is 0.416 e. The van der Waals surface area contributed by atoms with Crippen LogP contribution in [0.3, 0.4) is 0 Å². The van der Waals surface area contributed by atoms with Crippen LogP contribution in [-0.4, -0.2) is 23.8 Å². The van der Waals surface area contributed by atoms with E-state index in [1.54, 1.807) is 6.92 Å². The third-order valence-corrected chi connectivity index (χ3v) is 7.12. The first kappa shape index (κ1) is 28.3. The molecule has 0 N–H and O–H groups in total. The van der Waals surface area contributed by atoms with Crippen LogP contribution in [-0.2, 0) is 32.4 Å². The quantitative estimate of drug-likeness (QED) is 0.206. The van der Waals surface area contributed by atoms with Crippen molar-refractivity contribution >= 4 is 58.1 Å². The molecule has 2 amide bonds. The molecule has 36 heavy (non-hydrogen) atoms. The summed E-state index contributed by atoms with van der Waals surface area (Å²) in [6, 6.07) is 3.78. The molecule has 0 aromatic heterocycles. The molecule has 1 heterocycles. The molecule has 0 saturated carbocycles. The van der Waals surface area contributed by atoms with Crippen LogP contribution >= 0.6 is 34.8 Å².